The molecule has 0 aliphatic carbocycles. The van der Waals surface area contributed by atoms with Crippen LogP contribution in [0.4, 0.5) is 0 Å². The van der Waals surface area contributed by atoms with E-state index in [1.165, 1.54) is 32.4 Å². The molecule has 1 saturated heterocycles. The van der Waals surface area contributed by atoms with Crippen molar-refractivity contribution in [1.29, 1.82) is 0 Å². The fraction of sp³-hybridized carbons (Fsp3) is 0.429. The normalized spacial score (nSPS) is 15.1. The van der Waals surface area contributed by atoms with Crippen LogP contribution in [-0.2, 0) is 0 Å². The SMILES string of the molecule is Cc1nc(-c2ccccc2)ccc1C(=O)NCCCN1CCCCC1. The number of aryl methyl sites for hydroxylation is 1. The van der Waals surface area contributed by atoms with Gasteiger partial charge < -0.3 is 10.2 Å². The number of aromatic nitrogens is 1. The Morgan fingerprint density at radius 3 is 2.56 bits per heavy atom. The number of pyridine rings is 1. The van der Waals surface area contributed by atoms with Gasteiger partial charge in [-0.3, -0.25) is 9.78 Å². The van der Waals surface area contributed by atoms with Crippen LogP contribution in [0.15, 0.2) is 42.5 Å². The summed E-state index contributed by atoms with van der Waals surface area (Å²) in [5, 5.41) is 3.03. The van der Waals surface area contributed by atoms with Crippen molar-refractivity contribution in [3.8, 4) is 11.3 Å². The van der Waals surface area contributed by atoms with Gasteiger partial charge in [0.05, 0.1) is 17.0 Å². The molecule has 0 atom stereocenters. The first-order chi connectivity index (χ1) is 12.2. The fourth-order valence-corrected chi connectivity index (χ4v) is 3.35. The second-order valence-electron chi connectivity index (χ2n) is 6.71. The zero-order valence-electron chi connectivity index (χ0n) is 15.0. The van der Waals surface area contributed by atoms with Crippen LogP contribution < -0.4 is 5.32 Å². The summed E-state index contributed by atoms with van der Waals surface area (Å²) >= 11 is 0. The topological polar surface area (TPSA) is 45.2 Å². The summed E-state index contributed by atoms with van der Waals surface area (Å²) < 4.78 is 0. The Bertz CT molecular complexity index is 694. The molecule has 0 unspecified atom stereocenters. The minimum Gasteiger partial charge on any atom is -0.352 e. The van der Waals surface area contributed by atoms with Gasteiger partial charge in [0.15, 0.2) is 0 Å². The van der Waals surface area contributed by atoms with E-state index < -0.39 is 0 Å². The second-order valence-corrected chi connectivity index (χ2v) is 6.71. The van der Waals surface area contributed by atoms with Gasteiger partial charge in [0.2, 0.25) is 0 Å². The Balaban J connectivity index is 1.51. The predicted octanol–water partition coefficient (Wildman–Crippen LogP) is 3.66. The van der Waals surface area contributed by atoms with Crippen LogP contribution in [0.25, 0.3) is 11.3 Å². The lowest BCUT2D eigenvalue weighted by molar-refractivity contribution is 0.0950. The summed E-state index contributed by atoms with van der Waals surface area (Å²) in [4.78, 5) is 19.5. The molecular formula is C21H27N3O. The molecule has 25 heavy (non-hydrogen) atoms. The first-order valence-corrected chi connectivity index (χ1v) is 9.27. The third-order valence-corrected chi connectivity index (χ3v) is 4.79. The van der Waals surface area contributed by atoms with Crippen molar-refractivity contribution >= 4 is 5.91 Å². The Morgan fingerprint density at radius 2 is 1.84 bits per heavy atom. The standard InChI is InChI=1S/C21H27N3O/c1-17-19(11-12-20(23-17)18-9-4-2-5-10-18)21(25)22-13-8-16-24-14-6-3-7-15-24/h2,4-5,9-12H,3,6-8,13-16H2,1H3,(H,22,25). The summed E-state index contributed by atoms with van der Waals surface area (Å²) in [7, 11) is 0. The highest BCUT2D eigenvalue weighted by Gasteiger charge is 2.12. The summed E-state index contributed by atoms with van der Waals surface area (Å²) in [6.07, 6.45) is 4.98. The minimum atomic E-state index is -0.0248. The first kappa shape index (κ1) is 17.6. The largest absolute Gasteiger partial charge is 0.352 e. The highest BCUT2D eigenvalue weighted by molar-refractivity contribution is 5.95. The molecular weight excluding hydrogens is 310 g/mol. The Morgan fingerprint density at radius 1 is 1.08 bits per heavy atom. The zero-order valence-corrected chi connectivity index (χ0v) is 15.0. The van der Waals surface area contributed by atoms with E-state index in [2.05, 4.69) is 15.2 Å². The van der Waals surface area contributed by atoms with Crippen molar-refractivity contribution in [3.05, 3.63) is 53.7 Å². The molecule has 0 spiro atoms. The quantitative estimate of drug-likeness (QED) is 0.818. The number of amides is 1. The van der Waals surface area contributed by atoms with E-state index in [0.29, 0.717) is 5.56 Å². The molecule has 4 nitrogen and oxygen atoms in total. The van der Waals surface area contributed by atoms with Crippen molar-refractivity contribution in [1.82, 2.24) is 15.2 Å². The predicted molar refractivity (Wildman–Crippen MR) is 102 cm³/mol. The Kier molecular flexibility index (Phi) is 6.18. The van der Waals surface area contributed by atoms with Gasteiger partial charge in [-0.05, 0) is 58.0 Å². The van der Waals surface area contributed by atoms with Crippen molar-refractivity contribution in [2.75, 3.05) is 26.2 Å². The smallest absolute Gasteiger partial charge is 0.253 e. The Hall–Kier alpha value is -2.20. The van der Waals surface area contributed by atoms with E-state index in [0.717, 1.165) is 36.5 Å². The molecule has 1 aliphatic heterocycles. The van der Waals surface area contributed by atoms with Gasteiger partial charge in [0.1, 0.15) is 0 Å². The van der Waals surface area contributed by atoms with Gasteiger partial charge in [-0.25, -0.2) is 0 Å². The van der Waals surface area contributed by atoms with Gasteiger partial charge in [-0.1, -0.05) is 36.8 Å². The zero-order chi connectivity index (χ0) is 17.5. The number of piperidine rings is 1. The van der Waals surface area contributed by atoms with Crippen LogP contribution in [0.5, 0.6) is 0 Å². The van der Waals surface area contributed by atoms with Gasteiger partial charge >= 0.3 is 0 Å². The van der Waals surface area contributed by atoms with Crippen molar-refractivity contribution in [2.24, 2.45) is 0 Å². The van der Waals surface area contributed by atoms with Crippen LogP contribution in [0.2, 0.25) is 0 Å². The maximum Gasteiger partial charge on any atom is 0.253 e. The lowest BCUT2D eigenvalue weighted by Crippen LogP contribution is -2.33. The molecule has 4 heteroatoms. The summed E-state index contributed by atoms with van der Waals surface area (Å²) in [6.45, 7) is 6.10. The first-order valence-electron chi connectivity index (χ1n) is 9.27. The van der Waals surface area contributed by atoms with Crippen LogP contribution in [0.1, 0.15) is 41.7 Å². The highest BCUT2D eigenvalue weighted by atomic mass is 16.1. The number of nitrogens with one attached hydrogen (secondary N) is 1. The van der Waals surface area contributed by atoms with Gasteiger partial charge in [-0.15, -0.1) is 0 Å². The van der Waals surface area contributed by atoms with Crippen LogP contribution in [0, 0.1) is 6.92 Å². The number of hydrogen-bond donors (Lipinski definition) is 1. The third kappa shape index (κ3) is 4.89. The van der Waals surface area contributed by atoms with Gasteiger partial charge in [0, 0.05) is 12.1 Å². The third-order valence-electron chi connectivity index (χ3n) is 4.79. The summed E-state index contributed by atoms with van der Waals surface area (Å²) in [5.41, 5.74) is 3.41. The lowest BCUT2D eigenvalue weighted by atomic mass is 10.1. The molecule has 3 rings (SSSR count). The average Bonchev–Trinajstić information content (AvgIpc) is 2.66. The van der Waals surface area contributed by atoms with Crippen molar-refractivity contribution < 1.29 is 4.79 Å². The van der Waals surface area contributed by atoms with Gasteiger partial charge in [0.25, 0.3) is 5.91 Å². The molecule has 2 aromatic rings. The van der Waals surface area contributed by atoms with E-state index in [-0.39, 0.29) is 5.91 Å². The number of carbonyl (C=O) groups excluding carboxylic acids is 1. The molecule has 2 heterocycles. The molecule has 1 aromatic heterocycles. The van der Waals surface area contributed by atoms with Crippen LogP contribution in [-0.4, -0.2) is 42.0 Å². The molecule has 0 saturated carbocycles. The number of nitrogens with zero attached hydrogens (tertiary/aromatic N) is 2. The molecule has 0 radical (unpaired) electrons. The monoisotopic (exact) mass is 337 g/mol. The molecule has 132 valence electrons. The Labute approximate surface area is 150 Å². The van der Waals surface area contributed by atoms with Crippen LogP contribution in [0.3, 0.4) is 0 Å². The summed E-state index contributed by atoms with van der Waals surface area (Å²) in [5.74, 6) is -0.0248. The lowest BCUT2D eigenvalue weighted by Gasteiger charge is -2.26. The fourth-order valence-electron chi connectivity index (χ4n) is 3.35. The van der Waals surface area contributed by atoms with E-state index in [9.17, 15) is 4.79 Å². The van der Waals surface area contributed by atoms with E-state index in [4.69, 9.17) is 0 Å². The highest BCUT2D eigenvalue weighted by Crippen LogP contribution is 2.18. The van der Waals surface area contributed by atoms with Gasteiger partial charge in [-0.2, -0.15) is 0 Å². The van der Waals surface area contributed by atoms with E-state index in [1.54, 1.807) is 0 Å². The maximum absolute atomic E-state index is 12.4. The van der Waals surface area contributed by atoms with Crippen molar-refractivity contribution in [3.63, 3.8) is 0 Å². The van der Waals surface area contributed by atoms with E-state index >= 15 is 0 Å². The minimum absolute atomic E-state index is 0.0248. The molecule has 1 amide bonds. The second kappa shape index (κ2) is 8.77. The number of carbonyl (C=O) groups is 1. The number of hydrogen-bond acceptors (Lipinski definition) is 3. The molecule has 0 bridgehead atoms. The number of rotatable bonds is 6. The number of likely N-dealkylation sites (tertiary alicyclic amines) is 1. The summed E-state index contributed by atoms with van der Waals surface area (Å²) in [6, 6.07) is 13.8. The molecule has 1 N–H and O–H groups in total. The molecule has 1 aliphatic rings. The molecule has 1 aromatic carbocycles. The van der Waals surface area contributed by atoms with Crippen LogP contribution >= 0.6 is 0 Å². The molecule has 1 fully saturated rings. The maximum atomic E-state index is 12.4. The van der Waals surface area contributed by atoms with Crippen molar-refractivity contribution in [2.45, 2.75) is 32.6 Å². The number of benzene rings is 1. The average molecular weight is 337 g/mol. The van der Waals surface area contributed by atoms with E-state index in [1.807, 2.05) is 49.4 Å².